The van der Waals surface area contributed by atoms with Gasteiger partial charge in [0.25, 0.3) is 0 Å². The monoisotopic (exact) mass is 268 g/mol. The van der Waals surface area contributed by atoms with Crippen LogP contribution >= 0.6 is 0 Å². The Kier molecular flexibility index (Phi) is 5.79. The largest absolute Gasteiger partial charge is 0.379 e. The quantitative estimate of drug-likeness (QED) is 0.698. The van der Waals surface area contributed by atoms with Gasteiger partial charge in [0.1, 0.15) is 5.54 Å². The highest BCUT2D eigenvalue weighted by Gasteiger charge is 2.33. The molecule has 1 rings (SSSR count). The molecule has 0 amide bonds. The van der Waals surface area contributed by atoms with Gasteiger partial charge in [0, 0.05) is 26.2 Å². The van der Waals surface area contributed by atoms with E-state index in [0.29, 0.717) is 19.1 Å². The number of nitrogens with zero attached hydrogens (tertiary/aromatic N) is 1. The molecule has 0 aliphatic heterocycles. The molecule has 0 saturated heterocycles. The number of nitrogens with one attached hydrogen (secondary N) is 1. The van der Waals surface area contributed by atoms with Gasteiger partial charge in [-0.2, -0.15) is 5.26 Å². The van der Waals surface area contributed by atoms with Gasteiger partial charge < -0.3 is 9.47 Å². The number of ether oxygens (including phenoxy) is 2. The maximum Gasteiger partial charge on any atom is 0.106 e. The predicted octanol–water partition coefficient (Wildman–Crippen LogP) is 2.63. The third-order valence-corrected chi connectivity index (χ3v) is 3.70. The molecule has 1 aliphatic rings. The lowest BCUT2D eigenvalue weighted by Gasteiger charge is -2.28. The van der Waals surface area contributed by atoms with Crippen LogP contribution in [0, 0.1) is 11.3 Å². The SMILES string of the molecule is COC(C)(C)CCOC(C)CC(C)(C#N)NC1CC1. The fraction of sp³-hybridized carbons (Fsp3) is 0.933. The van der Waals surface area contributed by atoms with Gasteiger partial charge in [-0.25, -0.2) is 0 Å². The Morgan fingerprint density at radius 1 is 1.37 bits per heavy atom. The van der Waals surface area contributed by atoms with Crippen molar-refractivity contribution in [3.8, 4) is 6.07 Å². The Morgan fingerprint density at radius 2 is 2.00 bits per heavy atom. The molecule has 0 aromatic carbocycles. The van der Waals surface area contributed by atoms with Gasteiger partial charge in [-0.05, 0) is 47.0 Å². The van der Waals surface area contributed by atoms with Crippen molar-refractivity contribution < 1.29 is 9.47 Å². The van der Waals surface area contributed by atoms with Gasteiger partial charge in [-0.15, -0.1) is 0 Å². The van der Waals surface area contributed by atoms with Crippen LogP contribution in [0.4, 0.5) is 0 Å². The first kappa shape index (κ1) is 16.4. The average molecular weight is 268 g/mol. The molecule has 0 heterocycles. The molecule has 1 aliphatic carbocycles. The van der Waals surface area contributed by atoms with Crippen LogP contribution in [0.1, 0.15) is 53.4 Å². The zero-order valence-corrected chi connectivity index (χ0v) is 13.0. The fourth-order valence-electron chi connectivity index (χ4n) is 2.06. The average Bonchev–Trinajstić information content (AvgIpc) is 3.12. The highest BCUT2D eigenvalue weighted by molar-refractivity contribution is 5.07. The summed E-state index contributed by atoms with van der Waals surface area (Å²) in [4.78, 5) is 0. The second-order valence-electron chi connectivity index (χ2n) is 6.46. The third kappa shape index (κ3) is 6.38. The maximum atomic E-state index is 9.32. The van der Waals surface area contributed by atoms with Gasteiger partial charge in [0.15, 0.2) is 0 Å². The number of nitriles is 1. The van der Waals surface area contributed by atoms with Crippen LogP contribution in [0.25, 0.3) is 0 Å². The van der Waals surface area contributed by atoms with Crippen molar-refractivity contribution in [1.82, 2.24) is 5.32 Å². The molecule has 4 nitrogen and oxygen atoms in total. The summed E-state index contributed by atoms with van der Waals surface area (Å²) in [6, 6.07) is 2.91. The summed E-state index contributed by atoms with van der Waals surface area (Å²) in [6.07, 6.45) is 4.02. The van der Waals surface area contributed by atoms with E-state index in [1.165, 1.54) is 12.8 Å². The predicted molar refractivity (Wildman–Crippen MR) is 75.9 cm³/mol. The second kappa shape index (κ2) is 6.69. The molecule has 0 aromatic rings. The van der Waals surface area contributed by atoms with Crippen molar-refractivity contribution in [3.05, 3.63) is 0 Å². The van der Waals surface area contributed by atoms with Crippen LogP contribution in [-0.2, 0) is 9.47 Å². The molecule has 4 heteroatoms. The van der Waals surface area contributed by atoms with E-state index < -0.39 is 5.54 Å². The van der Waals surface area contributed by atoms with Gasteiger partial charge in [0.05, 0.1) is 17.8 Å². The molecule has 19 heavy (non-hydrogen) atoms. The standard InChI is InChI=1S/C15H28N2O2/c1-12(19-9-8-14(2,3)18-5)10-15(4,11-16)17-13-6-7-13/h12-13,17H,6-10H2,1-5H3. The van der Waals surface area contributed by atoms with Crippen molar-refractivity contribution in [2.75, 3.05) is 13.7 Å². The summed E-state index contributed by atoms with van der Waals surface area (Å²) in [5, 5.41) is 12.7. The van der Waals surface area contributed by atoms with E-state index in [0.717, 1.165) is 6.42 Å². The van der Waals surface area contributed by atoms with Crippen LogP contribution in [0.15, 0.2) is 0 Å². The number of rotatable bonds is 9. The van der Waals surface area contributed by atoms with Crippen molar-refractivity contribution in [1.29, 1.82) is 5.26 Å². The van der Waals surface area contributed by atoms with Crippen molar-refractivity contribution in [2.24, 2.45) is 0 Å². The summed E-state index contributed by atoms with van der Waals surface area (Å²) < 4.78 is 11.2. The lowest BCUT2D eigenvalue weighted by atomic mass is 9.96. The maximum absolute atomic E-state index is 9.32. The van der Waals surface area contributed by atoms with E-state index in [-0.39, 0.29) is 11.7 Å². The molecule has 1 N–H and O–H groups in total. The Balaban J connectivity index is 2.29. The molecule has 0 bridgehead atoms. The number of methoxy groups -OCH3 is 1. The molecule has 1 saturated carbocycles. The molecule has 2 unspecified atom stereocenters. The Bertz CT molecular complexity index is 321. The molecule has 1 fully saturated rings. The van der Waals surface area contributed by atoms with E-state index >= 15 is 0 Å². The lowest BCUT2D eigenvalue weighted by Crippen LogP contribution is -2.45. The zero-order chi connectivity index (χ0) is 14.5. The highest BCUT2D eigenvalue weighted by Crippen LogP contribution is 2.25. The highest BCUT2D eigenvalue weighted by atomic mass is 16.5. The number of hydrogen-bond acceptors (Lipinski definition) is 4. The molecule has 0 spiro atoms. The minimum atomic E-state index is -0.475. The molecule has 0 aromatic heterocycles. The van der Waals surface area contributed by atoms with E-state index in [9.17, 15) is 5.26 Å². The van der Waals surface area contributed by atoms with Crippen LogP contribution in [0.3, 0.4) is 0 Å². The second-order valence-corrected chi connectivity index (χ2v) is 6.46. The third-order valence-electron chi connectivity index (χ3n) is 3.70. The fourth-order valence-corrected chi connectivity index (χ4v) is 2.06. The first-order chi connectivity index (χ1) is 8.80. The summed E-state index contributed by atoms with van der Waals surface area (Å²) in [5.74, 6) is 0. The normalized spacial score (nSPS) is 20.6. The lowest BCUT2D eigenvalue weighted by molar-refractivity contribution is -0.0274. The van der Waals surface area contributed by atoms with E-state index in [2.05, 4.69) is 25.2 Å². The van der Waals surface area contributed by atoms with E-state index in [4.69, 9.17) is 9.47 Å². The van der Waals surface area contributed by atoms with E-state index in [1.54, 1.807) is 7.11 Å². The van der Waals surface area contributed by atoms with Crippen molar-refractivity contribution in [2.45, 2.75) is 76.7 Å². The minimum Gasteiger partial charge on any atom is -0.379 e. The summed E-state index contributed by atoms with van der Waals surface area (Å²) in [6.45, 7) is 8.76. The summed E-state index contributed by atoms with van der Waals surface area (Å²) in [7, 11) is 1.72. The van der Waals surface area contributed by atoms with Crippen molar-refractivity contribution >= 4 is 0 Å². The Labute approximate surface area is 117 Å². The number of hydrogen-bond donors (Lipinski definition) is 1. The molecule has 110 valence electrons. The summed E-state index contributed by atoms with van der Waals surface area (Å²) >= 11 is 0. The van der Waals surface area contributed by atoms with E-state index in [1.807, 2.05) is 13.8 Å². The van der Waals surface area contributed by atoms with Gasteiger partial charge in [-0.1, -0.05) is 0 Å². The summed E-state index contributed by atoms with van der Waals surface area (Å²) in [5.41, 5.74) is -0.623. The first-order valence-corrected chi connectivity index (χ1v) is 7.16. The minimum absolute atomic E-state index is 0.0727. The first-order valence-electron chi connectivity index (χ1n) is 7.16. The molecular weight excluding hydrogens is 240 g/mol. The van der Waals surface area contributed by atoms with Gasteiger partial charge in [0.2, 0.25) is 0 Å². The van der Waals surface area contributed by atoms with Crippen LogP contribution < -0.4 is 5.32 Å². The zero-order valence-electron chi connectivity index (χ0n) is 13.0. The van der Waals surface area contributed by atoms with Crippen LogP contribution in [-0.4, -0.2) is 37.0 Å². The Morgan fingerprint density at radius 3 is 2.47 bits per heavy atom. The van der Waals surface area contributed by atoms with Crippen molar-refractivity contribution in [3.63, 3.8) is 0 Å². The Hall–Kier alpha value is -0.630. The molecular formula is C15H28N2O2. The van der Waals surface area contributed by atoms with Crippen LogP contribution in [0.5, 0.6) is 0 Å². The smallest absolute Gasteiger partial charge is 0.106 e. The molecule has 0 radical (unpaired) electrons. The molecule has 2 atom stereocenters. The van der Waals surface area contributed by atoms with Gasteiger partial charge >= 0.3 is 0 Å². The van der Waals surface area contributed by atoms with Gasteiger partial charge in [-0.3, -0.25) is 5.32 Å². The topological polar surface area (TPSA) is 54.3 Å². The van der Waals surface area contributed by atoms with Crippen LogP contribution in [0.2, 0.25) is 0 Å².